The Morgan fingerprint density at radius 3 is 2.50 bits per heavy atom. The third-order valence-electron chi connectivity index (χ3n) is 2.83. The molecule has 0 spiro atoms. The van der Waals surface area contributed by atoms with Crippen LogP contribution >= 0.6 is 23.2 Å². The summed E-state index contributed by atoms with van der Waals surface area (Å²) in [6.07, 6.45) is 1.34. The fourth-order valence-corrected chi connectivity index (χ4v) is 3.12. The Labute approximate surface area is 149 Å². The molecule has 0 fully saturated rings. The molecule has 2 rings (SSSR count). The Kier molecular flexibility index (Phi) is 6.33. The summed E-state index contributed by atoms with van der Waals surface area (Å²) in [4.78, 5) is 11.7. The molecular formula is C15H13Cl2N3O3S. The number of nitrogens with zero attached hydrogens (tertiary/aromatic N) is 1. The van der Waals surface area contributed by atoms with E-state index in [4.69, 9.17) is 23.2 Å². The first-order valence-electron chi connectivity index (χ1n) is 6.70. The highest BCUT2D eigenvalue weighted by Gasteiger charge is 2.14. The maximum atomic E-state index is 11.9. The second-order valence-corrected chi connectivity index (χ2v) is 7.21. The average Bonchev–Trinajstić information content (AvgIpc) is 2.56. The highest BCUT2D eigenvalue weighted by molar-refractivity contribution is 7.89. The number of rotatable bonds is 6. The fraction of sp³-hybridized carbons (Fsp3) is 0.0667. The maximum absolute atomic E-state index is 11.9. The van der Waals surface area contributed by atoms with Gasteiger partial charge < -0.3 is 0 Å². The van der Waals surface area contributed by atoms with Crippen molar-refractivity contribution in [3.63, 3.8) is 0 Å². The molecule has 0 unspecified atom stereocenters. The van der Waals surface area contributed by atoms with Gasteiger partial charge in [-0.15, -0.1) is 0 Å². The van der Waals surface area contributed by atoms with E-state index in [-0.39, 0.29) is 4.90 Å². The van der Waals surface area contributed by atoms with Gasteiger partial charge in [0.05, 0.1) is 22.7 Å². The zero-order valence-corrected chi connectivity index (χ0v) is 14.6. The van der Waals surface area contributed by atoms with Crippen LogP contribution in [0.1, 0.15) is 5.56 Å². The molecule has 2 N–H and O–H groups in total. The molecule has 0 radical (unpaired) electrons. The lowest BCUT2D eigenvalue weighted by Crippen LogP contribution is -2.34. The number of hydrazone groups is 1. The fourth-order valence-electron chi connectivity index (χ4n) is 1.66. The summed E-state index contributed by atoms with van der Waals surface area (Å²) in [7, 11) is -3.74. The Bertz CT molecular complexity index is 856. The van der Waals surface area contributed by atoms with Crippen LogP contribution in [0.5, 0.6) is 0 Å². The lowest BCUT2D eigenvalue weighted by molar-refractivity contribution is -0.119. The highest BCUT2D eigenvalue weighted by Crippen LogP contribution is 2.19. The van der Waals surface area contributed by atoms with E-state index >= 15 is 0 Å². The van der Waals surface area contributed by atoms with Crippen LogP contribution in [-0.4, -0.2) is 27.1 Å². The average molecular weight is 386 g/mol. The minimum atomic E-state index is -3.74. The zero-order valence-electron chi connectivity index (χ0n) is 12.2. The van der Waals surface area contributed by atoms with Crippen molar-refractivity contribution in [2.45, 2.75) is 4.90 Å². The van der Waals surface area contributed by atoms with Crippen LogP contribution in [0.15, 0.2) is 58.5 Å². The molecule has 0 atom stereocenters. The normalized spacial score (nSPS) is 11.6. The monoisotopic (exact) mass is 385 g/mol. The van der Waals surface area contributed by atoms with E-state index in [2.05, 4.69) is 15.2 Å². The molecule has 0 saturated heterocycles. The number of hydrogen-bond acceptors (Lipinski definition) is 4. The minimum Gasteiger partial charge on any atom is -0.272 e. The van der Waals surface area contributed by atoms with Crippen molar-refractivity contribution in [2.24, 2.45) is 5.10 Å². The van der Waals surface area contributed by atoms with E-state index in [9.17, 15) is 13.2 Å². The van der Waals surface area contributed by atoms with Crippen molar-refractivity contribution in [3.05, 3.63) is 64.1 Å². The third-order valence-corrected chi connectivity index (χ3v) is 4.81. The van der Waals surface area contributed by atoms with Gasteiger partial charge in [-0.3, -0.25) is 4.79 Å². The number of hydrogen-bond donors (Lipinski definition) is 2. The van der Waals surface area contributed by atoms with Gasteiger partial charge in [0.15, 0.2) is 0 Å². The second-order valence-electron chi connectivity index (χ2n) is 4.60. The van der Waals surface area contributed by atoms with Gasteiger partial charge in [-0.1, -0.05) is 47.5 Å². The SMILES string of the molecule is O=C(CNS(=O)(=O)c1ccccc1)N/N=C\c1ccc(Cl)cc1Cl. The molecule has 0 bridgehead atoms. The largest absolute Gasteiger partial charge is 0.272 e. The third kappa shape index (κ3) is 5.31. The lowest BCUT2D eigenvalue weighted by Gasteiger charge is -2.05. The van der Waals surface area contributed by atoms with Crippen LogP contribution in [0, 0.1) is 0 Å². The van der Waals surface area contributed by atoms with Crippen LogP contribution < -0.4 is 10.1 Å². The van der Waals surface area contributed by atoms with E-state index in [1.807, 2.05) is 0 Å². The highest BCUT2D eigenvalue weighted by atomic mass is 35.5. The Morgan fingerprint density at radius 1 is 1.12 bits per heavy atom. The van der Waals surface area contributed by atoms with Crippen LogP contribution in [0.25, 0.3) is 0 Å². The van der Waals surface area contributed by atoms with Gasteiger partial charge in [0.1, 0.15) is 0 Å². The van der Waals surface area contributed by atoms with Gasteiger partial charge in [0, 0.05) is 10.6 Å². The Hall–Kier alpha value is -1.93. The first kappa shape index (κ1) is 18.4. The molecule has 1 amide bonds. The second kappa shape index (κ2) is 8.25. The Morgan fingerprint density at radius 2 is 1.83 bits per heavy atom. The number of sulfonamides is 1. The van der Waals surface area contributed by atoms with Crippen LogP contribution in [0.3, 0.4) is 0 Å². The number of halogens is 2. The van der Waals surface area contributed by atoms with Gasteiger partial charge in [-0.25, -0.2) is 18.6 Å². The molecular weight excluding hydrogens is 373 g/mol. The molecule has 2 aromatic rings. The molecule has 0 heterocycles. The quantitative estimate of drug-likeness (QED) is 0.591. The van der Waals surface area contributed by atoms with Gasteiger partial charge in [-0.05, 0) is 24.3 Å². The van der Waals surface area contributed by atoms with E-state index in [1.165, 1.54) is 18.3 Å². The van der Waals surface area contributed by atoms with Crippen LogP contribution in [0.2, 0.25) is 10.0 Å². The van der Waals surface area contributed by atoms with Crippen molar-refractivity contribution in [1.82, 2.24) is 10.1 Å². The van der Waals surface area contributed by atoms with Gasteiger partial charge >= 0.3 is 0 Å². The van der Waals surface area contributed by atoms with Crippen LogP contribution in [-0.2, 0) is 14.8 Å². The number of benzene rings is 2. The maximum Gasteiger partial charge on any atom is 0.255 e. The van der Waals surface area contributed by atoms with E-state index in [1.54, 1.807) is 36.4 Å². The molecule has 6 nitrogen and oxygen atoms in total. The van der Waals surface area contributed by atoms with Crippen molar-refractivity contribution >= 4 is 45.3 Å². The summed E-state index contributed by atoms with van der Waals surface area (Å²) >= 11 is 11.7. The smallest absolute Gasteiger partial charge is 0.255 e. The van der Waals surface area contributed by atoms with Crippen molar-refractivity contribution in [2.75, 3.05) is 6.54 Å². The summed E-state index contributed by atoms with van der Waals surface area (Å²) in [5.41, 5.74) is 2.77. The molecule has 0 aliphatic carbocycles. The molecule has 0 aliphatic rings. The van der Waals surface area contributed by atoms with Crippen LogP contribution in [0.4, 0.5) is 0 Å². The molecule has 2 aromatic carbocycles. The number of amides is 1. The minimum absolute atomic E-state index is 0.0780. The summed E-state index contributed by atoms with van der Waals surface area (Å²) in [6.45, 7) is -0.442. The predicted octanol–water partition coefficient (Wildman–Crippen LogP) is 2.42. The molecule has 0 aliphatic heterocycles. The van der Waals surface area contributed by atoms with Gasteiger partial charge in [0.25, 0.3) is 5.91 Å². The van der Waals surface area contributed by atoms with Crippen molar-refractivity contribution in [1.29, 1.82) is 0 Å². The molecule has 0 aromatic heterocycles. The molecule has 0 saturated carbocycles. The summed E-state index contributed by atoms with van der Waals surface area (Å²) in [5.74, 6) is -0.615. The topological polar surface area (TPSA) is 87.6 Å². The first-order valence-corrected chi connectivity index (χ1v) is 8.94. The molecule has 9 heteroatoms. The lowest BCUT2D eigenvalue weighted by atomic mass is 10.2. The van der Waals surface area contributed by atoms with Crippen molar-refractivity contribution < 1.29 is 13.2 Å². The van der Waals surface area contributed by atoms with E-state index < -0.39 is 22.5 Å². The number of nitrogens with one attached hydrogen (secondary N) is 2. The molecule has 126 valence electrons. The van der Waals surface area contributed by atoms with Gasteiger partial charge in [0.2, 0.25) is 10.0 Å². The summed E-state index contributed by atoms with van der Waals surface area (Å²) in [6, 6.07) is 12.6. The summed E-state index contributed by atoms with van der Waals surface area (Å²) < 4.78 is 26.1. The summed E-state index contributed by atoms with van der Waals surface area (Å²) in [5, 5.41) is 4.58. The zero-order chi connectivity index (χ0) is 17.6. The van der Waals surface area contributed by atoms with E-state index in [0.717, 1.165) is 0 Å². The Balaban J connectivity index is 1.89. The first-order chi connectivity index (χ1) is 11.4. The van der Waals surface area contributed by atoms with Crippen molar-refractivity contribution in [3.8, 4) is 0 Å². The number of carbonyl (C=O) groups excluding carboxylic acids is 1. The molecule has 24 heavy (non-hydrogen) atoms. The predicted molar refractivity (Wildman–Crippen MR) is 93.8 cm³/mol. The van der Waals surface area contributed by atoms with E-state index in [0.29, 0.717) is 15.6 Å². The van der Waals surface area contributed by atoms with Gasteiger partial charge in [-0.2, -0.15) is 5.10 Å². The number of carbonyl (C=O) groups is 1. The standard InChI is InChI=1S/C15H13Cl2N3O3S/c16-12-7-6-11(14(17)8-12)9-18-20-15(21)10-19-24(22,23)13-4-2-1-3-5-13/h1-9,19H,10H2,(H,20,21)/b18-9-.